The van der Waals surface area contributed by atoms with Crippen LogP contribution in [0.4, 0.5) is 0 Å². The van der Waals surface area contributed by atoms with Crippen molar-refractivity contribution in [1.29, 1.82) is 0 Å². The normalized spacial score (nSPS) is 56.7. The minimum Gasteiger partial charge on any atom is -0.390 e. The average Bonchev–Trinajstić information content (AvgIpc) is 2.43. The highest BCUT2D eigenvalue weighted by atomic mass is 16.3. The summed E-state index contributed by atoms with van der Waals surface area (Å²) < 4.78 is 0. The van der Waals surface area contributed by atoms with Crippen molar-refractivity contribution in [3.63, 3.8) is 0 Å². The van der Waals surface area contributed by atoms with E-state index >= 15 is 0 Å². The van der Waals surface area contributed by atoms with Crippen LogP contribution < -0.4 is 0 Å². The van der Waals surface area contributed by atoms with Crippen LogP contribution in [0.2, 0.25) is 0 Å². The highest BCUT2D eigenvalue weighted by molar-refractivity contribution is 5.01. The second-order valence-corrected chi connectivity index (χ2v) is 3.85. The van der Waals surface area contributed by atoms with Crippen molar-refractivity contribution in [3.05, 3.63) is 0 Å². The largest absolute Gasteiger partial charge is 0.390 e. The molecule has 0 unspecified atom stereocenters. The Morgan fingerprint density at radius 2 is 2.33 bits per heavy atom. The fraction of sp³-hybridized carbons (Fsp3) is 1.00. The smallest absolute Gasteiger partial charge is 0.0650 e. The number of fused-ring (bicyclic) bond motifs is 1. The highest BCUT2D eigenvalue weighted by Crippen LogP contribution is 2.54. The molecule has 9 heavy (non-hydrogen) atoms. The number of aliphatic hydroxyl groups is 1. The first-order chi connectivity index (χ1) is 4.20. The lowest BCUT2D eigenvalue weighted by Gasteiger charge is -2.27. The van der Waals surface area contributed by atoms with Crippen LogP contribution in [-0.4, -0.2) is 10.7 Å². The summed E-state index contributed by atoms with van der Waals surface area (Å²) in [5.74, 6) is 1.57. The molecule has 0 saturated heterocycles. The SMILES string of the molecule is C[C@@]1(O)CCC[C@H]2C[C@H]21. The van der Waals surface area contributed by atoms with E-state index in [0.717, 1.165) is 12.3 Å². The van der Waals surface area contributed by atoms with Crippen LogP contribution in [-0.2, 0) is 0 Å². The molecular formula is C8H14O. The minimum atomic E-state index is -0.289. The van der Waals surface area contributed by atoms with Gasteiger partial charge >= 0.3 is 0 Å². The molecular weight excluding hydrogens is 112 g/mol. The van der Waals surface area contributed by atoms with Crippen LogP contribution in [0.1, 0.15) is 32.6 Å². The van der Waals surface area contributed by atoms with Gasteiger partial charge in [-0.2, -0.15) is 0 Å². The van der Waals surface area contributed by atoms with E-state index in [1.807, 2.05) is 6.92 Å². The van der Waals surface area contributed by atoms with Crippen LogP contribution in [0.15, 0.2) is 0 Å². The summed E-state index contributed by atoms with van der Waals surface area (Å²) in [5, 5.41) is 9.68. The molecule has 3 atom stereocenters. The first-order valence-corrected chi connectivity index (χ1v) is 3.92. The molecule has 2 aliphatic rings. The van der Waals surface area contributed by atoms with Crippen LogP contribution >= 0.6 is 0 Å². The van der Waals surface area contributed by atoms with Crippen LogP contribution in [0.25, 0.3) is 0 Å². The topological polar surface area (TPSA) is 20.2 Å². The first-order valence-electron chi connectivity index (χ1n) is 3.92. The second-order valence-electron chi connectivity index (χ2n) is 3.85. The lowest BCUT2D eigenvalue weighted by Crippen LogP contribution is -2.30. The van der Waals surface area contributed by atoms with Crippen LogP contribution in [0.5, 0.6) is 0 Å². The summed E-state index contributed by atoms with van der Waals surface area (Å²) in [6.45, 7) is 2.00. The second kappa shape index (κ2) is 1.51. The third-order valence-corrected chi connectivity index (χ3v) is 2.98. The third kappa shape index (κ3) is 0.787. The molecule has 0 amide bonds. The molecule has 2 rings (SSSR count). The van der Waals surface area contributed by atoms with Crippen molar-refractivity contribution in [2.24, 2.45) is 11.8 Å². The van der Waals surface area contributed by atoms with Gasteiger partial charge in [0.1, 0.15) is 0 Å². The average molecular weight is 126 g/mol. The molecule has 0 aromatic heterocycles. The standard InChI is InChI=1S/C8H14O/c1-8(9)4-2-3-6-5-7(6)8/h6-7,9H,2-5H2,1H3/t6-,7+,8+/m0/s1. The van der Waals surface area contributed by atoms with Gasteiger partial charge in [-0.3, -0.25) is 0 Å². The number of hydrogen-bond donors (Lipinski definition) is 1. The quantitative estimate of drug-likeness (QED) is 0.522. The summed E-state index contributed by atoms with van der Waals surface area (Å²) in [7, 11) is 0. The summed E-state index contributed by atoms with van der Waals surface area (Å²) in [6.07, 6.45) is 4.95. The Kier molecular flexibility index (Phi) is 0.963. The van der Waals surface area contributed by atoms with Gasteiger partial charge in [0, 0.05) is 0 Å². The molecule has 1 N–H and O–H groups in total. The molecule has 2 saturated carbocycles. The summed E-state index contributed by atoms with van der Waals surface area (Å²) in [4.78, 5) is 0. The predicted molar refractivity (Wildman–Crippen MR) is 36.1 cm³/mol. The lowest BCUT2D eigenvalue weighted by atomic mass is 9.86. The Hall–Kier alpha value is -0.0400. The zero-order valence-electron chi connectivity index (χ0n) is 5.93. The molecule has 1 nitrogen and oxygen atoms in total. The fourth-order valence-corrected chi connectivity index (χ4v) is 2.24. The Labute approximate surface area is 56.1 Å². The molecule has 0 heterocycles. The molecule has 1 heteroatoms. The number of hydrogen-bond acceptors (Lipinski definition) is 1. The maximum Gasteiger partial charge on any atom is 0.0650 e. The van der Waals surface area contributed by atoms with Crippen LogP contribution in [0, 0.1) is 11.8 Å². The summed E-state index contributed by atoms with van der Waals surface area (Å²) in [5.41, 5.74) is -0.289. The fourth-order valence-electron chi connectivity index (χ4n) is 2.24. The van der Waals surface area contributed by atoms with Crippen molar-refractivity contribution >= 4 is 0 Å². The van der Waals surface area contributed by atoms with Gasteiger partial charge in [-0.1, -0.05) is 6.42 Å². The van der Waals surface area contributed by atoms with Crippen molar-refractivity contribution in [1.82, 2.24) is 0 Å². The Morgan fingerprint density at radius 1 is 1.56 bits per heavy atom. The van der Waals surface area contributed by atoms with Gasteiger partial charge in [-0.05, 0) is 38.0 Å². The molecule has 0 radical (unpaired) electrons. The minimum absolute atomic E-state index is 0.289. The van der Waals surface area contributed by atoms with Gasteiger partial charge in [0.25, 0.3) is 0 Å². The zero-order chi connectivity index (χ0) is 6.48. The van der Waals surface area contributed by atoms with Gasteiger partial charge in [-0.25, -0.2) is 0 Å². The first kappa shape index (κ1) is 5.72. The maximum absolute atomic E-state index is 9.68. The van der Waals surface area contributed by atoms with Crippen molar-refractivity contribution in [3.8, 4) is 0 Å². The van der Waals surface area contributed by atoms with Crippen molar-refractivity contribution in [2.45, 2.75) is 38.2 Å². The highest BCUT2D eigenvalue weighted by Gasteiger charge is 2.51. The van der Waals surface area contributed by atoms with Gasteiger partial charge in [0.2, 0.25) is 0 Å². The van der Waals surface area contributed by atoms with E-state index in [4.69, 9.17) is 0 Å². The van der Waals surface area contributed by atoms with Crippen LogP contribution in [0.3, 0.4) is 0 Å². The van der Waals surface area contributed by atoms with Gasteiger partial charge in [0.05, 0.1) is 5.60 Å². The molecule has 0 bridgehead atoms. The zero-order valence-corrected chi connectivity index (χ0v) is 5.93. The van der Waals surface area contributed by atoms with Gasteiger partial charge in [0.15, 0.2) is 0 Å². The summed E-state index contributed by atoms with van der Waals surface area (Å²) >= 11 is 0. The molecule has 2 aliphatic carbocycles. The van der Waals surface area contributed by atoms with E-state index in [1.165, 1.54) is 19.3 Å². The van der Waals surface area contributed by atoms with Gasteiger partial charge in [-0.15, -0.1) is 0 Å². The van der Waals surface area contributed by atoms with Crippen molar-refractivity contribution < 1.29 is 5.11 Å². The Morgan fingerprint density at radius 3 is 2.89 bits per heavy atom. The molecule has 52 valence electrons. The lowest BCUT2D eigenvalue weighted by molar-refractivity contribution is 0.00747. The Bertz CT molecular complexity index is 129. The van der Waals surface area contributed by atoms with E-state index in [9.17, 15) is 5.11 Å². The molecule has 0 spiro atoms. The monoisotopic (exact) mass is 126 g/mol. The number of rotatable bonds is 0. The molecule has 2 fully saturated rings. The molecule has 0 aromatic carbocycles. The van der Waals surface area contributed by atoms with E-state index in [-0.39, 0.29) is 5.60 Å². The van der Waals surface area contributed by atoms with E-state index < -0.39 is 0 Å². The summed E-state index contributed by atoms with van der Waals surface area (Å²) in [6, 6.07) is 0. The molecule has 0 aliphatic heterocycles. The Balaban J connectivity index is 2.09. The maximum atomic E-state index is 9.68. The third-order valence-electron chi connectivity index (χ3n) is 2.98. The van der Waals surface area contributed by atoms with E-state index in [2.05, 4.69) is 0 Å². The van der Waals surface area contributed by atoms with E-state index in [0.29, 0.717) is 5.92 Å². The molecule has 0 aromatic rings. The predicted octanol–water partition coefficient (Wildman–Crippen LogP) is 1.56. The van der Waals surface area contributed by atoms with Crippen molar-refractivity contribution in [2.75, 3.05) is 0 Å². The van der Waals surface area contributed by atoms with E-state index in [1.54, 1.807) is 0 Å². The van der Waals surface area contributed by atoms with Gasteiger partial charge < -0.3 is 5.11 Å².